The highest BCUT2D eigenvalue weighted by atomic mass is 19.4. The molecule has 0 saturated heterocycles. The zero-order valence-electron chi connectivity index (χ0n) is 30.7. The molecule has 0 aliphatic heterocycles. The first kappa shape index (κ1) is 64.3. The van der Waals surface area contributed by atoms with Crippen LogP contribution in [0.4, 0.5) is 136 Å². The molecule has 0 rings (SSSR count). The van der Waals surface area contributed by atoms with Gasteiger partial charge in [0.25, 0.3) is 0 Å². The summed E-state index contributed by atoms with van der Waals surface area (Å²) in [5, 5.41) is 0. The number of alkyl halides is 31. The van der Waals surface area contributed by atoms with E-state index in [2.05, 4.69) is 32.1 Å². The molecule has 0 saturated carbocycles. The molecule has 0 aliphatic rings. The molecule has 0 heterocycles. The number of esters is 4. The minimum absolute atomic E-state index is 0.132. The van der Waals surface area contributed by atoms with Gasteiger partial charge in [0.2, 0.25) is 0 Å². The van der Waals surface area contributed by atoms with Crippen LogP contribution in [0.2, 0.25) is 0 Å². The molecule has 1 unspecified atom stereocenters. The van der Waals surface area contributed by atoms with Crippen molar-refractivity contribution in [2.24, 2.45) is 0 Å². The van der Waals surface area contributed by atoms with E-state index < -0.39 is 146 Å². The fraction of sp³-hybridized carbons (Fsp3) is 0.714. The number of ether oxygens (including phenoxy) is 4. The Hall–Kier alpha value is -4.81. The summed E-state index contributed by atoms with van der Waals surface area (Å²) in [6, 6.07) is 0. The van der Waals surface area contributed by atoms with Gasteiger partial charge in [-0.15, -0.1) is 0 Å². The Labute approximate surface area is 346 Å². The van der Waals surface area contributed by atoms with E-state index in [1.54, 1.807) is 0 Å². The second kappa shape index (κ2) is 20.0. The SMILES string of the molecule is C=CC(=O)OCCC(CC(F)(F)F)(OC(=O)C(F)(F)C(F)(F)C(F)(F)C(F)(F)F)C(F)(F)C(F)(F)F.C=CC(=O)OCCC(OC(=O)C(F)(F)C(F)(F)C(F)(F)C(F)F)(C(F)(F)F)C(F)(F)F. The van der Waals surface area contributed by atoms with Crippen LogP contribution in [-0.2, 0) is 38.1 Å². The van der Waals surface area contributed by atoms with Gasteiger partial charge in [0.1, 0.15) is 0 Å². The number of carbonyl (C=O) groups excluding carboxylic acids is 4. The number of hydrogen-bond donors (Lipinski definition) is 0. The maximum absolute atomic E-state index is 14.0. The predicted octanol–water partition coefficient (Wildman–Crippen LogP) is 10.7. The molecule has 394 valence electrons. The lowest BCUT2D eigenvalue weighted by Gasteiger charge is -2.42. The molecule has 0 aliphatic carbocycles. The van der Waals surface area contributed by atoms with Crippen molar-refractivity contribution in [3.05, 3.63) is 25.3 Å². The van der Waals surface area contributed by atoms with E-state index in [4.69, 9.17) is 0 Å². The first-order chi connectivity index (χ1) is 29.1. The van der Waals surface area contributed by atoms with E-state index in [0.29, 0.717) is 0 Å². The lowest BCUT2D eigenvalue weighted by molar-refractivity contribution is -0.396. The zero-order valence-corrected chi connectivity index (χ0v) is 30.7. The van der Waals surface area contributed by atoms with Crippen molar-refractivity contribution in [1.82, 2.24) is 0 Å². The molecule has 0 aromatic heterocycles. The summed E-state index contributed by atoms with van der Waals surface area (Å²) in [5.74, 6) is -65.2. The van der Waals surface area contributed by atoms with Gasteiger partial charge in [-0.2, -0.15) is 127 Å². The Morgan fingerprint density at radius 3 is 1.06 bits per heavy atom. The highest BCUT2D eigenvalue weighted by molar-refractivity contribution is 5.82. The fourth-order valence-corrected chi connectivity index (χ4v) is 3.87. The molecule has 0 fully saturated rings. The Morgan fingerprint density at radius 2 is 0.761 bits per heavy atom. The molecule has 0 radical (unpaired) electrons. The lowest BCUT2D eigenvalue weighted by Crippen LogP contribution is -2.67. The van der Waals surface area contributed by atoms with Crippen molar-refractivity contribution in [2.45, 2.75) is 109 Å². The summed E-state index contributed by atoms with van der Waals surface area (Å²) in [5.41, 5.74) is -11.9. The van der Waals surface area contributed by atoms with Gasteiger partial charge in [0, 0.05) is 25.0 Å². The van der Waals surface area contributed by atoms with Gasteiger partial charge in [-0.25, -0.2) is 28.0 Å². The molecule has 67 heavy (non-hydrogen) atoms. The van der Waals surface area contributed by atoms with Crippen molar-refractivity contribution in [1.29, 1.82) is 0 Å². The first-order valence-electron chi connectivity index (χ1n) is 15.4. The van der Waals surface area contributed by atoms with E-state index in [0.717, 1.165) is 0 Å². The predicted molar refractivity (Wildman–Crippen MR) is 145 cm³/mol. The third-order valence-corrected chi connectivity index (χ3v) is 7.41. The normalized spacial score (nSPS) is 15.4. The molecule has 0 N–H and O–H groups in total. The van der Waals surface area contributed by atoms with Crippen LogP contribution in [0.3, 0.4) is 0 Å². The topological polar surface area (TPSA) is 105 Å². The van der Waals surface area contributed by atoms with Crippen LogP contribution in [0.25, 0.3) is 0 Å². The van der Waals surface area contributed by atoms with E-state index in [1.807, 2.05) is 0 Å². The van der Waals surface area contributed by atoms with Gasteiger partial charge < -0.3 is 18.9 Å². The van der Waals surface area contributed by atoms with Crippen molar-refractivity contribution in [3.63, 3.8) is 0 Å². The lowest BCUT2D eigenvalue weighted by atomic mass is 9.86. The van der Waals surface area contributed by atoms with Crippen LogP contribution in [-0.4, -0.2) is 127 Å². The summed E-state index contributed by atoms with van der Waals surface area (Å²) < 4.78 is 414. The Bertz CT molecular complexity index is 1740. The van der Waals surface area contributed by atoms with E-state index in [-0.39, 0.29) is 12.2 Å². The van der Waals surface area contributed by atoms with Crippen LogP contribution in [0.5, 0.6) is 0 Å². The quantitative estimate of drug-likeness (QED) is 0.0545. The molecule has 0 bridgehead atoms. The van der Waals surface area contributed by atoms with Gasteiger partial charge >= 0.3 is 108 Å². The summed E-state index contributed by atoms with van der Waals surface area (Å²) >= 11 is 0. The minimum Gasteiger partial charge on any atom is -0.462 e. The van der Waals surface area contributed by atoms with E-state index in [9.17, 15) is 155 Å². The zero-order chi connectivity index (χ0) is 54.7. The number of carbonyl (C=O) groups is 4. The van der Waals surface area contributed by atoms with E-state index in [1.165, 1.54) is 0 Å². The van der Waals surface area contributed by atoms with Gasteiger partial charge in [-0.1, -0.05) is 13.2 Å². The molecule has 0 aromatic carbocycles. The maximum Gasteiger partial charge on any atom is 0.460 e. The monoisotopic (exact) mass is 1070 g/mol. The van der Waals surface area contributed by atoms with Crippen LogP contribution in [0.1, 0.15) is 19.3 Å². The number of halogens is 31. The molecule has 39 heteroatoms. The van der Waals surface area contributed by atoms with Crippen molar-refractivity contribution < 1.29 is 174 Å². The van der Waals surface area contributed by atoms with Crippen molar-refractivity contribution >= 4 is 23.9 Å². The van der Waals surface area contributed by atoms with Gasteiger partial charge in [0.05, 0.1) is 19.6 Å². The van der Waals surface area contributed by atoms with Gasteiger partial charge in [-0.3, -0.25) is 0 Å². The van der Waals surface area contributed by atoms with E-state index >= 15 is 0 Å². The molecule has 0 aromatic rings. The third-order valence-electron chi connectivity index (χ3n) is 7.41. The second-order valence-corrected chi connectivity index (χ2v) is 12.0. The average Bonchev–Trinajstić information content (AvgIpc) is 3.10. The Balaban J connectivity index is 0. The second-order valence-electron chi connectivity index (χ2n) is 12.0. The molecule has 0 spiro atoms. The Kier molecular flexibility index (Phi) is 19.2. The molecular formula is C28H17F31O8. The fourth-order valence-electron chi connectivity index (χ4n) is 3.87. The maximum atomic E-state index is 14.0. The summed E-state index contributed by atoms with van der Waals surface area (Å²) in [6.45, 7) is 1.30. The van der Waals surface area contributed by atoms with Gasteiger partial charge in [-0.05, 0) is 0 Å². The highest BCUT2D eigenvalue weighted by Crippen LogP contribution is 2.57. The molecule has 8 nitrogen and oxygen atoms in total. The van der Waals surface area contributed by atoms with Crippen LogP contribution in [0, 0.1) is 0 Å². The van der Waals surface area contributed by atoms with Crippen LogP contribution >= 0.6 is 0 Å². The molecular weight excluding hydrogens is 1050 g/mol. The van der Waals surface area contributed by atoms with Crippen molar-refractivity contribution in [2.75, 3.05) is 13.2 Å². The van der Waals surface area contributed by atoms with Gasteiger partial charge in [0.15, 0.2) is 5.60 Å². The number of hydrogen-bond acceptors (Lipinski definition) is 8. The summed E-state index contributed by atoms with van der Waals surface area (Å²) in [7, 11) is 0. The van der Waals surface area contributed by atoms with Crippen molar-refractivity contribution in [3.8, 4) is 0 Å². The highest BCUT2D eigenvalue weighted by Gasteiger charge is 2.86. The third kappa shape index (κ3) is 13.0. The minimum atomic E-state index is -7.98. The molecule has 1 atom stereocenters. The largest absolute Gasteiger partial charge is 0.462 e. The summed E-state index contributed by atoms with van der Waals surface area (Å²) in [4.78, 5) is 44.0. The summed E-state index contributed by atoms with van der Waals surface area (Å²) in [6.07, 6.45) is -49.7. The van der Waals surface area contributed by atoms with Crippen LogP contribution < -0.4 is 0 Å². The standard InChI is InChI=1S/C15H9F17O4.C13H8F14O4/c1-2-6(33)35-4-3-8(5-9(16,17)18,11(21,22)14(27,28)29)36-7(34)10(19,20)12(23,24)13(25,26)15(30,31)32;1-2-5(28)30-4-3-8(12(22,23)24,13(25,26)27)31-7(29)10(18,19)11(20,21)9(16,17)6(14)15/h2H,1,3-5H2;2,6H,1,3-4H2. The number of rotatable bonds is 19. The Morgan fingerprint density at radius 1 is 0.433 bits per heavy atom. The van der Waals surface area contributed by atoms with Crippen LogP contribution in [0.15, 0.2) is 25.3 Å². The molecule has 0 amide bonds. The first-order valence-corrected chi connectivity index (χ1v) is 15.4. The average molecular weight is 1070 g/mol. The smallest absolute Gasteiger partial charge is 0.460 e.